The number of thiocarbonyl (C=S) groups is 1. The van der Waals surface area contributed by atoms with Crippen molar-refractivity contribution in [2.24, 2.45) is 5.41 Å². The Labute approximate surface area is 118 Å². The van der Waals surface area contributed by atoms with Gasteiger partial charge in [0, 0.05) is 16.1 Å². The van der Waals surface area contributed by atoms with Gasteiger partial charge in [0.25, 0.3) is 0 Å². The second-order valence-electron chi connectivity index (χ2n) is 5.12. The van der Waals surface area contributed by atoms with Crippen LogP contribution in [0.2, 0.25) is 5.02 Å². The van der Waals surface area contributed by atoms with Crippen molar-refractivity contribution in [3.05, 3.63) is 28.8 Å². The van der Waals surface area contributed by atoms with E-state index in [4.69, 9.17) is 23.8 Å². The average molecular weight is 285 g/mol. The molecule has 1 aromatic carbocycles. The van der Waals surface area contributed by atoms with E-state index in [-0.39, 0.29) is 5.91 Å². The van der Waals surface area contributed by atoms with Gasteiger partial charge in [-0.1, -0.05) is 32.4 Å². The topological polar surface area (TPSA) is 41.1 Å². The van der Waals surface area contributed by atoms with Gasteiger partial charge in [0.05, 0.1) is 0 Å². The van der Waals surface area contributed by atoms with Gasteiger partial charge in [0.2, 0.25) is 5.91 Å². The Morgan fingerprint density at radius 2 is 1.94 bits per heavy atom. The van der Waals surface area contributed by atoms with Gasteiger partial charge in [-0.15, -0.1) is 0 Å². The van der Waals surface area contributed by atoms with Gasteiger partial charge in [-0.05, 0) is 42.9 Å². The van der Waals surface area contributed by atoms with Crippen LogP contribution in [0.5, 0.6) is 0 Å². The van der Waals surface area contributed by atoms with Gasteiger partial charge in [-0.3, -0.25) is 4.79 Å². The minimum Gasteiger partial charge on any atom is -0.332 e. The van der Waals surface area contributed by atoms with E-state index in [0.29, 0.717) is 10.1 Å². The lowest BCUT2D eigenvalue weighted by Gasteiger charge is -2.19. The van der Waals surface area contributed by atoms with Crippen molar-refractivity contribution in [2.75, 3.05) is 5.32 Å². The molecule has 98 valence electrons. The molecule has 1 rings (SSSR count). The first-order valence-corrected chi connectivity index (χ1v) is 6.37. The van der Waals surface area contributed by atoms with E-state index in [9.17, 15) is 4.79 Å². The number of hydrogen-bond donors (Lipinski definition) is 2. The summed E-state index contributed by atoms with van der Waals surface area (Å²) >= 11 is 11.0. The van der Waals surface area contributed by atoms with Gasteiger partial charge >= 0.3 is 0 Å². The van der Waals surface area contributed by atoms with E-state index < -0.39 is 5.41 Å². The zero-order chi connectivity index (χ0) is 13.9. The van der Waals surface area contributed by atoms with Gasteiger partial charge in [-0.2, -0.15) is 0 Å². The summed E-state index contributed by atoms with van der Waals surface area (Å²) in [5, 5.41) is 6.60. The lowest BCUT2D eigenvalue weighted by Crippen LogP contribution is -2.41. The van der Waals surface area contributed by atoms with Crippen LogP contribution in [0.25, 0.3) is 0 Å². The molecule has 0 unspecified atom stereocenters. The predicted octanol–water partition coefficient (Wildman–Crippen LogP) is 3.51. The van der Waals surface area contributed by atoms with Crippen LogP contribution >= 0.6 is 23.8 Å². The summed E-state index contributed by atoms with van der Waals surface area (Å²) in [6.45, 7) is 7.41. The second kappa shape index (κ2) is 5.67. The van der Waals surface area contributed by atoms with E-state index >= 15 is 0 Å². The number of halogens is 1. The van der Waals surface area contributed by atoms with Crippen LogP contribution in [0, 0.1) is 12.3 Å². The Morgan fingerprint density at radius 3 is 2.44 bits per heavy atom. The fourth-order valence-electron chi connectivity index (χ4n) is 1.21. The average Bonchev–Trinajstić information content (AvgIpc) is 2.20. The third kappa shape index (κ3) is 4.27. The van der Waals surface area contributed by atoms with Crippen molar-refractivity contribution in [3.63, 3.8) is 0 Å². The van der Waals surface area contributed by atoms with Gasteiger partial charge < -0.3 is 10.6 Å². The fourth-order valence-corrected chi connectivity index (χ4v) is 1.64. The molecule has 1 amide bonds. The van der Waals surface area contributed by atoms with E-state index in [1.807, 2.05) is 39.8 Å². The first-order chi connectivity index (χ1) is 8.20. The normalized spacial score (nSPS) is 10.9. The molecular weight excluding hydrogens is 268 g/mol. The largest absolute Gasteiger partial charge is 0.332 e. The first-order valence-electron chi connectivity index (χ1n) is 5.59. The molecule has 0 heterocycles. The Hall–Kier alpha value is -1.13. The summed E-state index contributed by atoms with van der Waals surface area (Å²) < 4.78 is 0. The van der Waals surface area contributed by atoms with Gasteiger partial charge in [0.1, 0.15) is 0 Å². The minimum atomic E-state index is -0.471. The summed E-state index contributed by atoms with van der Waals surface area (Å²) in [6.07, 6.45) is 0. The molecule has 0 bridgehead atoms. The molecule has 0 atom stereocenters. The van der Waals surface area contributed by atoms with E-state index in [1.54, 1.807) is 6.07 Å². The Balaban J connectivity index is 2.68. The van der Waals surface area contributed by atoms with E-state index in [2.05, 4.69) is 10.6 Å². The van der Waals surface area contributed by atoms with Crippen LogP contribution < -0.4 is 10.6 Å². The third-order valence-corrected chi connectivity index (χ3v) is 2.78. The molecule has 0 aliphatic rings. The van der Waals surface area contributed by atoms with E-state index in [0.717, 1.165) is 11.3 Å². The first kappa shape index (κ1) is 14.9. The van der Waals surface area contributed by atoms with Crippen LogP contribution in [-0.4, -0.2) is 11.0 Å². The molecular formula is C13H17ClN2OS. The quantitative estimate of drug-likeness (QED) is 0.776. The predicted molar refractivity (Wildman–Crippen MR) is 80.0 cm³/mol. The number of nitrogens with one attached hydrogen (secondary N) is 2. The van der Waals surface area contributed by atoms with Crippen LogP contribution in [0.15, 0.2) is 18.2 Å². The maximum atomic E-state index is 11.7. The molecule has 18 heavy (non-hydrogen) atoms. The molecule has 0 aliphatic heterocycles. The zero-order valence-electron chi connectivity index (χ0n) is 10.9. The van der Waals surface area contributed by atoms with Crippen molar-refractivity contribution >= 4 is 40.5 Å². The van der Waals surface area contributed by atoms with Crippen LogP contribution in [0.3, 0.4) is 0 Å². The number of anilines is 1. The molecule has 5 heteroatoms. The van der Waals surface area contributed by atoms with Crippen molar-refractivity contribution < 1.29 is 4.79 Å². The van der Waals surface area contributed by atoms with Gasteiger partial charge in [-0.25, -0.2) is 0 Å². The minimum absolute atomic E-state index is 0.119. The van der Waals surface area contributed by atoms with Crippen LogP contribution in [-0.2, 0) is 4.79 Å². The Bertz CT molecular complexity index is 480. The number of rotatable bonds is 1. The number of aryl methyl sites for hydroxylation is 1. The fraction of sp³-hybridized carbons (Fsp3) is 0.385. The molecule has 0 aromatic heterocycles. The second-order valence-corrected chi connectivity index (χ2v) is 5.96. The van der Waals surface area contributed by atoms with Crippen LogP contribution in [0.1, 0.15) is 26.3 Å². The van der Waals surface area contributed by atoms with Crippen LogP contribution in [0.4, 0.5) is 5.69 Å². The molecule has 2 N–H and O–H groups in total. The van der Waals surface area contributed by atoms with Crippen molar-refractivity contribution in [3.8, 4) is 0 Å². The maximum absolute atomic E-state index is 11.7. The molecule has 0 radical (unpaired) electrons. The number of benzene rings is 1. The smallest absolute Gasteiger partial charge is 0.231 e. The highest BCUT2D eigenvalue weighted by atomic mass is 35.5. The highest BCUT2D eigenvalue weighted by molar-refractivity contribution is 7.80. The summed E-state index contributed by atoms with van der Waals surface area (Å²) in [4.78, 5) is 11.7. The van der Waals surface area contributed by atoms with Crippen molar-refractivity contribution in [1.29, 1.82) is 0 Å². The zero-order valence-corrected chi connectivity index (χ0v) is 12.5. The summed E-state index contributed by atoms with van der Waals surface area (Å²) in [5.74, 6) is -0.119. The number of carbonyl (C=O) groups is 1. The Kier molecular flexibility index (Phi) is 4.71. The molecule has 0 spiro atoms. The number of amides is 1. The Morgan fingerprint density at radius 1 is 1.33 bits per heavy atom. The number of carbonyl (C=O) groups excluding carboxylic acids is 1. The molecule has 0 saturated carbocycles. The summed E-state index contributed by atoms with van der Waals surface area (Å²) in [7, 11) is 0. The monoisotopic (exact) mass is 284 g/mol. The van der Waals surface area contributed by atoms with Gasteiger partial charge in [0.15, 0.2) is 5.11 Å². The van der Waals surface area contributed by atoms with E-state index in [1.165, 1.54) is 0 Å². The molecule has 3 nitrogen and oxygen atoms in total. The van der Waals surface area contributed by atoms with Crippen molar-refractivity contribution in [2.45, 2.75) is 27.7 Å². The molecule has 0 saturated heterocycles. The SMILES string of the molecule is Cc1cc(Cl)ccc1NC(=S)NC(=O)C(C)(C)C. The highest BCUT2D eigenvalue weighted by Crippen LogP contribution is 2.19. The van der Waals surface area contributed by atoms with Crippen molar-refractivity contribution in [1.82, 2.24) is 5.32 Å². The third-order valence-electron chi connectivity index (χ3n) is 2.34. The lowest BCUT2D eigenvalue weighted by molar-refractivity contribution is -0.126. The highest BCUT2D eigenvalue weighted by Gasteiger charge is 2.22. The maximum Gasteiger partial charge on any atom is 0.231 e. The summed E-state index contributed by atoms with van der Waals surface area (Å²) in [5.41, 5.74) is 1.33. The standard InChI is InChI=1S/C13H17ClN2OS/c1-8-7-9(14)5-6-10(8)15-12(18)16-11(17)13(2,3)4/h5-7H,1-4H3,(H2,15,16,17,18). The molecule has 1 aromatic rings. The molecule has 0 fully saturated rings. The summed E-state index contributed by atoms with van der Waals surface area (Å²) in [6, 6.07) is 5.43. The number of hydrogen-bond acceptors (Lipinski definition) is 2. The molecule has 0 aliphatic carbocycles. The lowest BCUT2D eigenvalue weighted by atomic mass is 9.96.